The van der Waals surface area contributed by atoms with E-state index in [9.17, 15) is 9.59 Å². The predicted molar refractivity (Wildman–Crippen MR) is 107 cm³/mol. The number of ketones is 1. The maximum Gasteiger partial charge on any atom is 0.212 e. The highest BCUT2D eigenvalue weighted by Crippen LogP contribution is 2.40. The molecule has 0 spiro atoms. The third-order valence-corrected chi connectivity index (χ3v) is 4.54. The molecule has 0 fully saturated rings. The Labute approximate surface area is 167 Å². The lowest BCUT2D eigenvalue weighted by Crippen LogP contribution is -2.20. The molecule has 0 N–H and O–H groups in total. The van der Waals surface area contributed by atoms with Gasteiger partial charge in [0.25, 0.3) is 0 Å². The van der Waals surface area contributed by atoms with Crippen molar-refractivity contribution in [2.24, 2.45) is 0 Å². The monoisotopic (exact) mass is 389 g/mol. The zero-order valence-corrected chi connectivity index (χ0v) is 15.8. The summed E-state index contributed by atoms with van der Waals surface area (Å²) < 4.78 is 16.4. The average molecular weight is 389 g/mol. The highest BCUT2D eigenvalue weighted by Gasteiger charge is 2.38. The number of hydrogen-bond donors (Lipinski definition) is 0. The fourth-order valence-corrected chi connectivity index (χ4v) is 3.35. The van der Waals surface area contributed by atoms with Crippen molar-refractivity contribution in [3.8, 4) is 0 Å². The molecule has 0 aromatic carbocycles. The first-order valence-corrected chi connectivity index (χ1v) is 9.29. The SMILES string of the molecule is CCCN1C(c2ccco2)=C(/C(C=O)=C\c2ccco2)C(=O)/C1=C\c1ccco1. The van der Waals surface area contributed by atoms with E-state index in [2.05, 4.69) is 0 Å². The van der Waals surface area contributed by atoms with Crippen LogP contribution in [0.4, 0.5) is 0 Å². The molecule has 6 nitrogen and oxygen atoms in total. The van der Waals surface area contributed by atoms with Crippen LogP contribution >= 0.6 is 0 Å². The van der Waals surface area contributed by atoms with Gasteiger partial charge in [-0.3, -0.25) is 9.59 Å². The molecule has 4 rings (SSSR count). The molecule has 0 amide bonds. The second-order valence-corrected chi connectivity index (χ2v) is 6.46. The van der Waals surface area contributed by atoms with E-state index in [4.69, 9.17) is 13.3 Å². The number of carbonyl (C=O) groups excluding carboxylic acids is 2. The fraction of sp³-hybridized carbons (Fsp3) is 0.130. The molecule has 146 valence electrons. The number of aldehydes is 1. The maximum atomic E-state index is 13.5. The summed E-state index contributed by atoms with van der Waals surface area (Å²) in [6.45, 7) is 2.59. The summed E-state index contributed by atoms with van der Waals surface area (Å²) in [6, 6.07) is 10.5. The number of allylic oxidation sites excluding steroid dienone is 2. The zero-order chi connectivity index (χ0) is 20.2. The number of Topliss-reactive ketones (excluding diaryl/α,β-unsaturated/α-hetero) is 1. The highest BCUT2D eigenvalue weighted by atomic mass is 16.3. The maximum absolute atomic E-state index is 13.5. The van der Waals surface area contributed by atoms with E-state index in [0.29, 0.717) is 41.5 Å². The fourth-order valence-electron chi connectivity index (χ4n) is 3.35. The van der Waals surface area contributed by atoms with Gasteiger partial charge in [-0.2, -0.15) is 0 Å². The Morgan fingerprint density at radius 2 is 1.69 bits per heavy atom. The van der Waals surface area contributed by atoms with Crippen LogP contribution in [-0.4, -0.2) is 23.5 Å². The van der Waals surface area contributed by atoms with Crippen molar-refractivity contribution in [1.29, 1.82) is 0 Å². The predicted octanol–water partition coefficient (Wildman–Crippen LogP) is 4.80. The van der Waals surface area contributed by atoms with Gasteiger partial charge in [0.15, 0.2) is 12.0 Å². The first kappa shape index (κ1) is 18.6. The Morgan fingerprint density at radius 1 is 1.00 bits per heavy atom. The van der Waals surface area contributed by atoms with E-state index in [1.165, 1.54) is 6.26 Å². The van der Waals surface area contributed by atoms with Gasteiger partial charge in [-0.05, 0) is 48.9 Å². The van der Waals surface area contributed by atoms with Gasteiger partial charge in [0.1, 0.15) is 11.5 Å². The third kappa shape index (κ3) is 3.52. The molecule has 6 heteroatoms. The van der Waals surface area contributed by atoms with Crippen LogP contribution in [0.15, 0.2) is 85.3 Å². The van der Waals surface area contributed by atoms with E-state index in [1.54, 1.807) is 61.1 Å². The smallest absolute Gasteiger partial charge is 0.212 e. The molecule has 3 aromatic rings. The summed E-state index contributed by atoms with van der Waals surface area (Å²) in [4.78, 5) is 27.3. The Balaban J connectivity index is 1.92. The molecule has 0 aliphatic carbocycles. The van der Waals surface area contributed by atoms with Gasteiger partial charge >= 0.3 is 0 Å². The Hall–Kier alpha value is -3.80. The molecule has 1 aliphatic heterocycles. The first-order valence-electron chi connectivity index (χ1n) is 9.29. The average Bonchev–Trinajstić information content (AvgIpc) is 3.51. The van der Waals surface area contributed by atoms with Crippen LogP contribution in [-0.2, 0) is 9.59 Å². The Bertz CT molecular complexity index is 1080. The largest absolute Gasteiger partial charge is 0.465 e. The molecule has 1 aliphatic rings. The standard InChI is InChI=1S/C23H19NO5/c1-2-9-24-19(14-18-7-4-11-28-18)23(26)21(22(24)20-8-5-12-29-20)16(15-25)13-17-6-3-10-27-17/h3-8,10-15H,2,9H2,1H3/b16-13-,19-14+. The van der Waals surface area contributed by atoms with E-state index in [-0.39, 0.29) is 16.9 Å². The van der Waals surface area contributed by atoms with Crippen LogP contribution in [0.5, 0.6) is 0 Å². The van der Waals surface area contributed by atoms with Gasteiger partial charge in [-0.1, -0.05) is 6.92 Å². The number of carbonyl (C=O) groups is 2. The minimum absolute atomic E-state index is 0.222. The molecule has 0 atom stereocenters. The molecule has 0 unspecified atom stereocenters. The van der Waals surface area contributed by atoms with Gasteiger partial charge < -0.3 is 18.2 Å². The number of furan rings is 3. The number of nitrogens with zero attached hydrogens (tertiary/aromatic N) is 1. The van der Waals surface area contributed by atoms with Crippen LogP contribution in [0.1, 0.15) is 30.6 Å². The lowest BCUT2D eigenvalue weighted by molar-refractivity contribution is -0.113. The van der Waals surface area contributed by atoms with Crippen LogP contribution in [0, 0.1) is 0 Å². The van der Waals surface area contributed by atoms with E-state index in [1.807, 2.05) is 11.8 Å². The molecule has 3 aromatic heterocycles. The number of rotatable bonds is 7. The summed E-state index contributed by atoms with van der Waals surface area (Å²) in [7, 11) is 0. The second kappa shape index (κ2) is 8.06. The van der Waals surface area contributed by atoms with Crippen LogP contribution in [0.25, 0.3) is 17.8 Å². The Morgan fingerprint density at radius 3 is 2.28 bits per heavy atom. The van der Waals surface area contributed by atoms with Crippen molar-refractivity contribution >= 4 is 29.9 Å². The lowest BCUT2D eigenvalue weighted by atomic mass is 10.00. The molecular formula is C23H19NO5. The van der Waals surface area contributed by atoms with Crippen LogP contribution < -0.4 is 0 Å². The van der Waals surface area contributed by atoms with E-state index >= 15 is 0 Å². The Kier molecular flexibility index (Phi) is 5.16. The summed E-state index contributed by atoms with van der Waals surface area (Å²) in [6.07, 6.45) is 9.30. The first-order chi connectivity index (χ1) is 14.2. The third-order valence-electron chi connectivity index (χ3n) is 4.54. The van der Waals surface area contributed by atoms with Crippen LogP contribution in [0.3, 0.4) is 0 Å². The molecular weight excluding hydrogens is 370 g/mol. The van der Waals surface area contributed by atoms with E-state index in [0.717, 1.165) is 6.42 Å². The van der Waals surface area contributed by atoms with Crippen molar-refractivity contribution in [3.05, 3.63) is 89.3 Å². The lowest BCUT2D eigenvalue weighted by Gasteiger charge is -2.21. The van der Waals surface area contributed by atoms with Gasteiger partial charge in [-0.25, -0.2) is 0 Å². The molecule has 0 saturated carbocycles. The number of hydrogen-bond acceptors (Lipinski definition) is 6. The minimum atomic E-state index is -0.272. The molecule has 29 heavy (non-hydrogen) atoms. The second-order valence-electron chi connectivity index (χ2n) is 6.46. The molecule has 0 radical (unpaired) electrons. The van der Waals surface area contributed by atoms with Crippen LogP contribution in [0.2, 0.25) is 0 Å². The van der Waals surface area contributed by atoms with Gasteiger partial charge in [0.2, 0.25) is 5.78 Å². The molecule has 0 bridgehead atoms. The van der Waals surface area contributed by atoms with Crippen molar-refractivity contribution < 1.29 is 22.8 Å². The summed E-state index contributed by atoms with van der Waals surface area (Å²) in [5.74, 6) is 1.27. The summed E-state index contributed by atoms with van der Waals surface area (Å²) >= 11 is 0. The van der Waals surface area contributed by atoms with Gasteiger partial charge in [0.05, 0.1) is 35.8 Å². The van der Waals surface area contributed by atoms with Crippen molar-refractivity contribution in [3.63, 3.8) is 0 Å². The van der Waals surface area contributed by atoms with Gasteiger partial charge in [0, 0.05) is 18.2 Å². The van der Waals surface area contributed by atoms with E-state index < -0.39 is 0 Å². The van der Waals surface area contributed by atoms with Gasteiger partial charge in [-0.15, -0.1) is 0 Å². The highest BCUT2D eigenvalue weighted by molar-refractivity contribution is 6.25. The molecule has 4 heterocycles. The minimum Gasteiger partial charge on any atom is -0.465 e. The molecule has 0 saturated heterocycles. The zero-order valence-electron chi connectivity index (χ0n) is 15.8. The normalized spacial score (nSPS) is 16.3. The quantitative estimate of drug-likeness (QED) is 0.427. The van der Waals surface area contributed by atoms with Crippen molar-refractivity contribution in [2.75, 3.05) is 6.54 Å². The van der Waals surface area contributed by atoms with Crippen molar-refractivity contribution in [1.82, 2.24) is 4.90 Å². The topological polar surface area (TPSA) is 76.8 Å². The summed E-state index contributed by atoms with van der Waals surface area (Å²) in [5, 5.41) is 0. The summed E-state index contributed by atoms with van der Waals surface area (Å²) in [5.41, 5.74) is 1.48. The van der Waals surface area contributed by atoms with Crippen molar-refractivity contribution in [2.45, 2.75) is 13.3 Å².